The van der Waals surface area contributed by atoms with Crippen molar-refractivity contribution in [3.05, 3.63) is 36.5 Å². The van der Waals surface area contributed by atoms with Gasteiger partial charge in [-0.2, -0.15) is 0 Å². The van der Waals surface area contributed by atoms with Gasteiger partial charge in [-0.3, -0.25) is 4.98 Å². The van der Waals surface area contributed by atoms with Gasteiger partial charge in [-0.1, -0.05) is 18.2 Å². The molecule has 0 spiro atoms. The van der Waals surface area contributed by atoms with Gasteiger partial charge in [-0.25, -0.2) is 0 Å². The molecule has 0 aliphatic heterocycles. The first-order chi connectivity index (χ1) is 11.3. The van der Waals surface area contributed by atoms with E-state index >= 15 is 0 Å². The highest BCUT2D eigenvalue weighted by molar-refractivity contribution is 5.81. The average Bonchev–Trinajstić information content (AvgIpc) is 2.56. The van der Waals surface area contributed by atoms with Crippen LogP contribution in [0.5, 0.6) is 0 Å². The van der Waals surface area contributed by atoms with Crippen molar-refractivity contribution in [1.82, 2.24) is 4.98 Å². The predicted molar refractivity (Wildman–Crippen MR) is 95.4 cm³/mol. The van der Waals surface area contributed by atoms with Crippen LogP contribution in [0.4, 0.5) is 5.69 Å². The molecule has 120 valence electrons. The zero-order chi connectivity index (χ0) is 15.2. The summed E-state index contributed by atoms with van der Waals surface area (Å²) in [5.74, 6) is 5.26. The number of nitrogens with zero attached hydrogens (tertiary/aromatic N) is 1. The van der Waals surface area contributed by atoms with Crippen molar-refractivity contribution in [3.8, 4) is 0 Å². The van der Waals surface area contributed by atoms with Crippen molar-refractivity contribution in [3.63, 3.8) is 0 Å². The third kappa shape index (κ3) is 2.52. The van der Waals surface area contributed by atoms with E-state index in [0.717, 1.165) is 41.7 Å². The van der Waals surface area contributed by atoms with Crippen LogP contribution in [0.15, 0.2) is 36.5 Å². The Morgan fingerprint density at radius 2 is 1.70 bits per heavy atom. The third-order valence-electron chi connectivity index (χ3n) is 6.82. The predicted octanol–water partition coefficient (Wildman–Crippen LogP) is 5.11. The average molecular weight is 306 g/mol. The second-order valence-corrected chi connectivity index (χ2v) is 8.23. The van der Waals surface area contributed by atoms with Crippen molar-refractivity contribution >= 4 is 16.6 Å². The minimum absolute atomic E-state index is 0.990. The number of hydrogen-bond donors (Lipinski definition) is 1. The summed E-state index contributed by atoms with van der Waals surface area (Å²) in [5.41, 5.74) is 2.26. The molecule has 2 aromatic rings. The van der Waals surface area contributed by atoms with E-state index in [1.807, 2.05) is 6.20 Å². The fourth-order valence-electron chi connectivity index (χ4n) is 6.06. The van der Waals surface area contributed by atoms with Crippen LogP contribution >= 0.6 is 0 Å². The largest absolute Gasteiger partial charge is 0.384 e. The van der Waals surface area contributed by atoms with E-state index in [2.05, 4.69) is 40.6 Å². The Hall–Kier alpha value is -1.57. The first-order valence-electron chi connectivity index (χ1n) is 9.44. The smallest absolute Gasteiger partial charge is 0.0703 e. The number of anilines is 1. The lowest BCUT2D eigenvalue weighted by molar-refractivity contribution is -0.0381. The number of hydrogen-bond acceptors (Lipinski definition) is 2. The van der Waals surface area contributed by atoms with Gasteiger partial charge in [0, 0.05) is 11.9 Å². The number of fused-ring (bicyclic) bond motifs is 1. The van der Waals surface area contributed by atoms with Crippen molar-refractivity contribution in [2.24, 2.45) is 29.6 Å². The van der Waals surface area contributed by atoms with E-state index in [1.165, 1.54) is 43.2 Å². The molecule has 2 heteroatoms. The molecule has 1 heterocycles. The maximum absolute atomic E-state index is 4.56. The summed E-state index contributed by atoms with van der Waals surface area (Å²) in [7, 11) is 0. The Bertz CT molecular complexity index is 680. The first-order valence-corrected chi connectivity index (χ1v) is 9.44. The summed E-state index contributed by atoms with van der Waals surface area (Å²) >= 11 is 0. The van der Waals surface area contributed by atoms with Gasteiger partial charge in [0.25, 0.3) is 0 Å². The van der Waals surface area contributed by atoms with Gasteiger partial charge in [0.05, 0.1) is 17.4 Å². The van der Waals surface area contributed by atoms with Crippen LogP contribution in [-0.2, 0) is 0 Å². The highest BCUT2D eigenvalue weighted by atomic mass is 14.9. The quantitative estimate of drug-likeness (QED) is 0.849. The third-order valence-corrected chi connectivity index (χ3v) is 6.82. The zero-order valence-electron chi connectivity index (χ0n) is 13.7. The normalized spacial score (nSPS) is 34.9. The molecular weight excluding hydrogens is 280 g/mol. The molecule has 4 saturated carbocycles. The summed E-state index contributed by atoms with van der Waals surface area (Å²) in [6.45, 7) is 1.10. The van der Waals surface area contributed by atoms with Crippen molar-refractivity contribution in [1.29, 1.82) is 0 Å². The van der Waals surface area contributed by atoms with Crippen molar-refractivity contribution < 1.29 is 0 Å². The van der Waals surface area contributed by atoms with E-state index in [0.29, 0.717) is 0 Å². The molecule has 1 aromatic carbocycles. The van der Waals surface area contributed by atoms with Gasteiger partial charge in [0.15, 0.2) is 0 Å². The zero-order valence-corrected chi connectivity index (χ0v) is 13.7. The topological polar surface area (TPSA) is 24.9 Å². The second kappa shape index (κ2) is 5.51. The Labute approximate surface area is 138 Å². The molecule has 4 fully saturated rings. The Morgan fingerprint density at radius 1 is 0.957 bits per heavy atom. The molecule has 0 atom stereocenters. The fourth-order valence-corrected chi connectivity index (χ4v) is 6.06. The fraction of sp³-hybridized carbons (Fsp3) is 0.571. The standard InChI is InChI=1S/C21H26N2/c1-2-4-21-16(3-1)12-19(13-23-21)22-6-5-20-17-8-14-7-15(10-17)11-18(20)9-14/h1-4,12-15,17-18,20,22H,5-11H2. The van der Waals surface area contributed by atoms with Gasteiger partial charge in [0.2, 0.25) is 0 Å². The van der Waals surface area contributed by atoms with Crippen LogP contribution in [0.3, 0.4) is 0 Å². The van der Waals surface area contributed by atoms with Crippen LogP contribution in [-0.4, -0.2) is 11.5 Å². The molecule has 0 saturated heterocycles. The number of aromatic nitrogens is 1. The second-order valence-electron chi connectivity index (χ2n) is 8.23. The molecule has 4 aliphatic carbocycles. The van der Waals surface area contributed by atoms with E-state index in [1.54, 1.807) is 6.42 Å². The monoisotopic (exact) mass is 306 g/mol. The Morgan fingerprint density at radius 3 is 2.48 bits per heavy atom. The molecule has 2 nitrogen and oxygen atoms in total. The molecule has 4 bridgehead atoms. The first kappa shape index (κ1) is 13.8. The van der Waals surface area contributed by atoms with E-state index in [-0.39, 0.29) is 0 Å². The molecule has 6 rings (SSSR count). The van der Waals surface area contributed by atoms with Crippen LogP contribution < -0.4 is 5.32 Å². The summed E-state index contributed by atoms with van der Waals surface area (Å²) in [5, 5.41) is 4.86. The lowest BCUT2D eigenvalue weighted by atomic mass is 9.51. The molecule has 4 aliphatic rings. The van der Waals surface area contributed by atoms with Crippen LogP contribution in [0.25, 0.3) is 10.9 Å². The number of para-hydroxylation sites is 1. The highest BCUT2D eigenvalue weighted by Gasteiger charge is 2.47. The van der Waals surface area contributed by atoms with E-state index < -0.39 is 0 Å². The highest BCUT2D eigenvalue weighted by Crippen LogP contribution is 2.57. The summed E-state index contributed by atoms with van der Waals surface area (Å²) in [4.78, 5) is 4.56. The van der Waals surface area contributed by atoms with Crippen molar-refractivity contribution in [2.45, 2.75) is 38.5 Å². The molecule has 1 aromatic heterocycles. The molecule has 0 radical (unpaired) electrons. The lowest BCUT2D eigenvalue weighted by Crippen LogP contribution is -2.45. The molecular formula is C21H26N2. The lowest BCUT2D eigenvalue weighted by Gasteiger charge is -2.54. The van der Waals surface area contributed by atoms with Gasteiger partial charge >= 0.3 is 0 Å². The SMILES string of the molecule is c1ccc2ncc(NCCC3C4CC5CC(C4)CC3C5)cc2c1. The molecule has 0 unspecified atom stereocenters. The molecule has 23 heavy (non-hydrogen) atoms. The Kier molecular flexibility index (Phi) is 3.31. The number of pyridine rings is 1. The number of benzene rings is 1. The summed E-state index contributed by atoms with van der Waals surface area (Å²) in [6, 6.07) is 10.6. The van der Waals surface area contributed by atoms with E-state index in [4.69, 9.17) is 0 Å². The van der Waals surface area contributed by atoms with Crippen molar-refractivity contribution in [2.75, 3.05) is 11.9 Å². The van der Waals surface area contributed by atoms with Crippen LogP contribution in [0.1, 0.15) is 38.5 Å². The van der Waals surface area contributed by atoms with E-state index in [9.17, 15) is 0 Å². The van der Waals surface area contributed by atoms with Gasteiger partial charge < -0.3 is 5.32 Å². The molecule has 0 amide bonds. The summed E-state index contributed by atoms with van der Waals surface area (Å²) in [6.07, 6.45) is 11.0. The maximum atomic E-state index is 4.56. The van der Waals surface area contributed by atoms with Gasteiger partial charge in [-0.05, 0) is 80.2 Å². The Balaban J connectivity index is 1.23. The number of rotatable bonds is 4. The minimum Gasteiger partial charge on any atom is -0.384 e. The van der Waals surface area contributed by atoms with Crippen LogP contribution in [0, 0.1) is 29.6 Å². The number of nitrogens with one attached hydrogen (secondary N) is 1. The van der Waals surface area contributed by atoms with Crippen LogP contribution in [0.2, 0.25) is 0 Å². The maximum Gasteiger partial charge on any atom is 0.0703 e. The van der Waals surface area contributed by atoms with Gasteiger partial charge in [-0.15, -0.1) is 0 Å². The minimum atomic E-state index is 0.990. The summed E-state index contributed by atoms with van der Waals surface area (Å²) < 4.78 is 0. The van der Waals surface area contributed by atoms with Gasteiger partial charge in [0.1, 0.15) is 0 Å². The molecule has 1 N–H and O–H groups in total.